The Kier molecular flexibility index (Phi) is 5.51. The smallest absolute Gasteiger partial charge is 0.274 e. The van der Waals surface area contributed by atoms with Gasteiger partial charge in [0.1, 0.15) is 17.8 Å². The number of amides is 1. The highest BCUT2D eigenvalue weighted by atomic mass is 16.5. The molecule has 0 atom stereocenters. The molecule has 0 aliphatic carbocycles. The molecule has 7 nitrogen and oxygen atoms in total. The molecule has 2 aromatic carbocycles. The molecule has 0 aliphatic rings. The Labute approximate surface area is 157 Å². The van der Waals surface area contributed by atoms with Gasteiger partial charge in [0, 0.05) is 23.5 Å². The molecule has 27 heavy (non-hydrogen) atoms. The van der Waals surface area contributed by atoms with Gasteiger partial charge in [0.15, 0.2) is 11.5 Å². The molecule has 0 aliphatic heterocycles. The Bertz CT molecular complexity index is 959. The first-order valence-electron chi connectivity index (χ1n) is 8.28. The van der Waals surface area contributed by atoms with Crippen LogP contribution >= 0.6 is 0 Å². The highest BCUT2D eigenvalue weighted by Crippen LogP contribution is 2.30. The average molecular weight is 364 g/mol. The first-order chi connectivity index (χ1) is 13.1. The van der Waals surface area contributed by atoms with Crippen molar-refractivity contribution in [1.29, 1.82) is 0 Å². The molecule has 0 unspecified atom stereocenters. The molecule has 0 saturated carbocycles. The second kappa shape index (κ2) is 8.18. The fourth-order valence-corrected chi connectivity index (χ4v) is 2.53. The van der Waals surface area contributed by atoms with Crippen LogP contribution in [-0.4, -0.2) is 30.1 Å². The van der Waals surface area contributed by atoms with E-state index in [9.17, 15) is 4.79 Å². The maximum Gasteiger partial charge on any atom is 0.274 e. The number of aryl methyl sites for hydroxylation is 1. The van der Waals surface area contributed by atoms with Crippen molar-refractivity contribution in [3.05, 3.63) is 66.1 Å². The molecule has 0 bridgehead atoms. The minimum Gasteiger partial charge on any atom is -0.493 e. The van der Waals surface area contributed by atoms with Crippen molar-refractivity contribution in [1.82, 2.24) is 9.97 Å². The van der Waals surface area contributed by atoms with Crippen LogP contribution in [0.2, 0.25) is 0 Å². The standard InChI is InChI=1S/C20H20N4O3/c1-13-5-4-6-14(9-13)24-20(25)16-11-19(22-12-21-16)23-15-7-8-17(26-2)18(10-15)27-3/h4-12H,1-3H3,(H,24,25)(H,21,22,23). The summed E-state index contributed by atoms with van der Waals surface area (Å²) in [5, 5.41) is 5.96. The maximum absolute atomic E-state index is 12.4. The van der Waals surface area contributed by atoms with Gasteiger partial charge >= 0.3 is 0 Å². The number of carbonyl (C=O) groups excluding carboxylic acids is 1. The zero-order valence-electron chi connectivity index (χ0n) is 15.3. The largest absolute Gasteiger partial charge is 0.493 e. The number of nitrogens with one attached hydrogen (secondary N) is 2. The lowest BCUT2D eigenvalue weighted by Crippen LogP contribution is -2.14. The van der Waals surface area contributed by atoms with Gasteiger partial charge in [0.25, 0.3) is 5.91 Å². The normalized spacial score (nSPS) is 10.2. The molecule has 2 N–H and O–H groups in total. The molecule has 0 saturated heterocycles. The second-order valence-electron chi connectivity index (χ2n) is 5.81. The number of carbonyl (C=O) groups is 1. The van der Waals surface area contributed by atoms with Gasteiger partial charge < -0.3 is 20.1 Å². The molecule has 1 heterocycles. The van der Waals surface area contributed by atoms with E-state index in [4.69, 9.17) is 9.47 Å². The predicted octanol–water partition coefficient (Wildman–Crippen LogP) is 3.80. The third kappa shape index (κ3) is 4.52. The van der Waals surface area contributed by atoms with Gasteiger partial charge in [0.05, 0.1) is 14.2 Å². The Morgan fingerprint density at radius 1 is 0.926 bits per heavy atom. The molecule has 138 valence electrons. The van der Waals surface area contributed by atoms with E-state index < -0.39 is 0 Å². The van der Waals surface area contributed by atoms with E-state index in [1.54, 1.807) is 32.4 Å². The summed E-state index contributed by atoms with van der Waals surface area (Å²) >= 11 is 0. The third-order valence-electron chi connectivity index (χ3n) is 3.83. The van der Waals surface area contributed by atoms with E-state index in [1.807, 2.05) is 37.3 Å². The quantitative estimate of drug-likeness (QED) is 0.692. The first kappa shape index (κ1) is 18.2. The van der Waals surface area contributed by atoms with Gasteiger partial charge in [-0.25, -0.2) is 9.97 Å². The summed E-state index contributed by atoms with van der Waals surface area (Å²) in [5.74, 6) is 1.41. The monoisotopic (exact) mass is 364 g/mol. The lowest BCUT2D eigenvalue weighted by atomic mass is 10.2. The average Bonchev–Trinajstić information content (AvgIpc) is 2.68. The number of ether oxygens (including phenoxy) is 2. The number of nitrogens with zero attached hydrogens (tertiary/aromatic N) is 2. The number of hydrogen-bond acceptors (Lipinski definition) is 6. The summed E-state index contributed by atoms with van der Waals surface area (Å²) in [7, 11) is 3.15. The Morgan fingerprint density at radius 2 is 1.74 bits per heavy atom. The van der Waals surface area contributed by atoms with Gasteiger partial charge in [0.2, 0.25) is 0 Å². The Hall–Kier alpha value is -3.61. The summed E-state index contributed by atoms with van der Waals surface area (Å²) in [6.07, 6.45) is 1.34. The van der Waals surface area contributed by atoms with Crippen LogP contribution in [0.3, 0.4) is 0 Å². The molecule has 1 aromatic heterocycles. The van der Waals surface area contributed by atoms with Crippen LogP contribution in [0.4, 0.5) is 17.2 Å². The molecule has 7 heteroatoms. The van der Waals surface area contributed by atoms with E-state index in [2.05, 4.69) is 20.6 Å². The van der Waals surface area contributed by atoms with Gasteiger partial charge in [-0.1, -0.05) is 12.1 Å². The molecule has 3 rings (SSSR count). The van der Waals surface area contributed by atoms with Crippen LogP contribution in [0.5, 0.6) is 11.5 Å². The fourth-order valence-electron chi connectivity index (χ4n) is 2.53. The Balaban J connectivity index is 1.76. The molecule has 1 amide bonds. The number of anilines is 3. The van der Waals surface area contributed by atoms with Gasteiger partial charge in [-0.2, -0.15) is 0 Å². The molecule has 3 aromatic rings. The van der Waals surface area contributed by atoms with Gasteiger partial charge in [-0.15, -0.1) is 0 Å². The zero-order valence-corrected chi connectivity index (χ0v) is 15.3. The summed E-state index contributed by atoms with van der Waals surface area (Å²) in [6, 6.07) is 14.6. The lowest BCUT2D eigenvalue weighted by Gasteiger charge is -2.11. The van der Waals surface area contributed by atoms with E-state index in [0.717, 1.165) is 11.3 Å². The molecular weight excluding hydrogens is 344 g/mol. The summed E-state index contributed by atoms with van der Waals surface area (Å²) in [6.45, 7) is 1.96. The molecular formula is C20H20N4O3. The lowest BCUT2D eigenvalue weighted by molar-refractivity contribution is 0.102. The summed E-state index contributed by atoms with van der Waals surface area (Å²) in [5.41, 5.74) is 2.78. The minimum absolute atomic E-state index is 0.259. The zero-order chi connectivity index (χ0) is 19.2. The predicted molar refractivity (Wildman–Crippen MR) is 104 cm³/mol. The minimum atomic E-state index is -0.307. The summed E-state index contributed by atoms with van der Waals surface area (Å²) in [4.78, 5) is 20.7. The number of aromatic nitrogens is 2. The summed E-state index contributed by atoms with van der Waals surface area (Å²) < 4.78 is 10.5. The van der Waals surface area contributed by atoms with Crippen LogP contribution in [0.25, 0.3) is 0 Å². The van der Waals surface area contributed by atoms with E-state index in [-0.39, 0.29) is 11.6 Å². The van der Waals surface area contributed by atoms with Crippen LogP contribution in [0.1, 0.15) is 16.1 Å². The topological polar surface area (TPSA) is 85.4 Å². The maximum atomic E-state index is 12.4. The van der Waals surface area contributed by atoms with Crippen LogP contribution in [0, 0.1) is 6.92 Å². The number of methoxy groups -OCH3 is 2. The third-order valence-corrected chi connectivity index (χ3v) is 3.83. The SMILES string of the molecule is COc1ccc(Nc2cc(C(=O)Nc3cccc(C)c3)ncn2)cc1OC. The van der Waals surface area contributed by atoms with Crippen molar-refractivity contribution in [2.75, 3.05) is 24.9 Å². The molecule has 0 fully saturated rings. The van der Waals surface area contributed by atoms with Crippen LogP contribution in [0.15, 0.2) is 54.9 Å². The van der Waals surface area contributed by atoms with E-state index in [0.29, 0.717) is 23.0 Å². The number of hydrogen-bond donors (Lipinski definition) is 2. The molecule has 0 spiro atoms. The van der Waals surface area contributed by atoms with Gasteiger partial charge in [-0.3, -0.25) is 4.79 Å². The van der Waals surface area contributed by atoms with Gasteiger partial charge in [-0.05, 0) is 36.8 Å². The van der Waals surface area contributed by atoms with Crippen LogP contribution in [-0.2, 0) is 0 Å². The second-order valence-corrected chi connectivity index (χ2v) is 5.81. The molecule has 0 radical (unpaired) electrons. The van der Waals surface area contributed by atoms with Crippen molar-refractivity contribution < 1.29 is 14.3 Å². The highest BCUT2D eigenvalue weighted by molar-refractivity contribution is 6.03. The first-order valence-corrected chi connectivity index (χ1v) is 8.28. The van der Waals surface area contributed by atoms with Crippen LogP contribution < -0.4 is 20.1 Å². The van der Waals surface area contributed by atoms with Crippen molar-refractivity contribution >= 4 is 23.1 Å². The highest BCUT2D eigenvalue weighted by Gasteiger charge is 2.10. The number of benzene rings is 2. The Morgan fingerprint density at radius 3 is 2.48 bits per heavy atom. The van der Waals surface area contributed by atoms with Crippen molar-refractivity contribution in [3.63, 3.8) is 0 Å². The van der Waals surface area contributed by atoms with E-state index >= 15 is 0 Å². The van der Waals surface area contributed by atoms with Crippen molar-refractivity contribution in [3.8, 4) is 11.5 Å². The van der Waals surface area contributed by atoms with Crippen molar-refractivity contribution in [2.24, 2.45) is 0 Å². The van der Waals surface area contributed by atoms with E-state index in [1.165, 1.54) is 6.33 Å². The number of rotatable bonds is 6. The fraction of sp³-hybridized carbons (Fsp3) is 0.150. The van der Waals surface area contributed by atoms with Crippen molar-refractivity contribution in [2.45, 2.75) is 6.92 Å².